The molecule has 0 aromatic carbocycles. The summed E-state index contributed by atoms with van der Waals surface area (Å²) in [6.07, 6.45) is 0.583. The Morgan fingerprint density at radius 1 is 1.83 bits per heavy atom. The highest BCUT2D eigenvalue weighted by Crippen LogP contribution is 2.04. The molecule has 6 heavy (non-hydrogen) atoms. The molecule has 1 heterocycles. The first-order valence-electron chi connectivity index (χ1n) is 1.77. The number of hydrogen-bond acceptors (Lipinski definition) is 3. The molecule has 1 aliphatic rings. The fourth-order valence-electron chi connectivity index (χ4n) is 0.0962. The van der Waals surface area contributed by atoms with Crippen LogP contribution in [-0.4, -0.2) is 17.9 Å². The molecule has 0 aromatic rings. The molecule has 3 N–H and O–H groups in total. The second-order valence-corrected chi connectivity index (χ2v) is 1.14. The van der Waals surface area contributed by atoms with Gasteiger partial charge in [-0.05, 0) is 6.92 Å². The van der Waals surface area contributed by atoms with Gasteiger partial charge in [0.1, 0.15) is 0 Å². The van der Waals surface area contributed by atoms with Crippen LogP contribution in [0.2, 0.25) is 0 Å². The molecular formula is C3H9NO2. The van der Waals surface area contributed by atoms with Crippen molar-refractivity contribution in [1.29, 1.82) is 0 Å². The van der Waals surface area contributed by atoms with Gasteiger partial charge in [-0.25, -0.2) is 5.90 Å². The van der Waals surface area contributed by atoms with E-state index in [0.29, 0.717) is 6.10 Å². The summed E-state index contributed by atoms with van der Waals surface area (Å²) in [6.45, 7) is 3.04. The van der Waals surface area contributed by atoms with Gasteiger partial charge in [0.05, 0.1) is 12.7 Å². The maximum absolute atomic E-state index is 6.50. The van der Waals surface area contributed by atoms with E-state index in [-0.39, 0.29) is 0 Å². The zero-order valence-corrected chi connectivity index (χ0v) is 3.72. The average Bonchev–Trinajstić information content (AvgIpc) is 2.30. The van der Waals surface area contributed by atoms with E-state index in [0.717, 1.165) is 6.61 Å². The summed E-state index contributed by atoms with van der Waals surface area (Å²) in [4.78, 5) is 0. The van der Waals surface area contributed by atoms with Crippen LogP contribution in [0.25, 0.3) is 0 Å². The van der Waals surface area contributed by atoms with Crippen molar-refractivity contribution in [1.82, 2.24) is 0 Å². The van der Waals surface area contributed by atoms with Gasteiger partial charge in [-0.2, -0.15) is 0 Å². The monoisotopic (exact) mass is 91.1 g/mol. The van der Waals surface area contributed by atoms with Crippen molar-refractivity contribution in [3.05, 3.63) is 0 Å². The molecule has 0 radical (unpaired) electrons. The molecule has 3 heteroatoms. The molecule has 0 amide bonds. The number of rotatable bonds is 0. The number of epoxide rings is 1. The summed E-state index contributed by atoms with van der Waals surface area (Å²) < 4.78 is 4.71. The van der Waals surface area contributed by atoms with Crippen molar-refractivity contribution in [2.24, 2.45) is 5.90 Å². The molecular weight excluding hydrogens is 82.0 g/mol. The fraction of sp³-hybridized carbons (Fsp3) is 1.00. The quantitative estimate of drug-likeness (QED) is 0.319. The van der Waals surface area contributed by atoms with Crippen molar-refractivity contribution in [2.45, 2.75) is 13.0 Å². The Labute approximate surface area is 36.7 Å². The van der Waals surface area contributed by atoms with Gasteiger partial charge in [0, 0.05) is 0 Å². The van der Waals surface area contributed by atoms with Gasteiger partial charge in [0.25, 0.3) is 0 Å². The standard InChI is InChI=1S/C3H6O.H3NO/c1-3-2-4-3;1-2/h3H,2H2,1H3;2H,1H2. The largest absolute Gasteiger partial charge is 0.373 e. The van der Waals surface area contributed by atoms with Crippen LogP contribution in [0.3, 0.4) is 0 Å². The van der Waals surface area contributed by atoms with E-state index in [9.17, 15) is 0 Å². The molecule has 1 rings (SSSR count). The Bertz CT molecular complexity index is 28.0. The van der Waals surface area contributed by atoms with Crippen molar-refractivity contribution >= 4 is 0 Å². The molecule has 1 unspecified atom stereocenters. The maximum atomic E-state index is 6.50. The molecule has 0 spiro atoms. The highest BCUT2D eigenvalue weighted by atomic mass is 16.6. The van der Waals surface area contributed by atoms with E-state index >= 15 is 0 Å². The zero-order valence-electron chi connectivity index (χ0n) is 3.72. The van der Waals surface area contributed by atoms with E-state index in [1.807, 2.05) is 0 Å². The predicted molar refractivity (Wildman–Crippen MR) is 21.4 cm³/mol. The average molecular weight is 91.1 g/mol. The smallest absolute Gasteiger partial charge is 0.0781 e. The molecule has 0 bridgehead atoms. The molecule has 1 atom stereocenters. The molecule has 1 saturated heterocycles. The molecule has 1 aliphatic heterocycles. The van der Waals surface area contributed by atoms with Gasteiger partial charge in [-0.1, -0.05) is 0 Å². The van der Waals surface area contributed by atoms with E-state index in [1.54, 1.807) is 0 Å². The summed E-state index contributed by atoms with van der Waals surface area (Å²) in [5.41, 5.74) is 0. The third-order valence-corrected chi connectivity index (χ3v) is 0.500. The summed E-state index contributed by atoms with van der Waals surface area (Å²) in [7, 11) is 0. The van der Waals surface area contributed by atoms with Crippen molar-refractivity contribution in [3.63, 3.8) is 0 Å². The lowest BCUT2D eigenvalue weighted by molar-refractivity contribution is 0.311. The molecule has 1 fully saturated rings. The minimum atomic E-state index is 0.583. The highest BCUT2D eigenvalue weighted by Gasteiger charge is 2.13. The van der Waals surface area contributed by atoms with Gasteiger partial charge in [0.15, 0.2) is 0 Å². The van der Waals surface area contributed by atoms with Gasteiger partial charge in [-0.3, -0.25) is 0 Å². The van der Waals surface area contributed by atoms with Crippen LogP contribution >= 0.6 is 0 Å². The second kappa shape index (κ2) is 3.08. The lowest BCUT2D eigenvalue weighted by atomic mass is 10.6. The Hall–Kier alpha value is -0.120. The Balaban J connectivity index is 0.000000112. The first kappa shape index (κ1) is 5.88. The SMILES string of the molecule is CC1CO1.NO. The highest BCUT2D eigenvalue weighted by molar-refractivity contribution is 4.58. The Kier molecular flexibility index (Phi) is 3.02. The van der Waals surface area contributed by atoms with Crippen molar-refractivity contribution < 1.29 is 9.94 Å². The third-order valence-electron chi connectivity index (χ3n) is 0.500. The second-order valence-electron chi connectivity index (χ2n) is 1.14. The van der Waals surface area contributed by atoms with Crippen LogP contribution in [0, 0.1) is 0 Å². The molecule has 0 aromatic heterocycles. The number of hydrogen-bond donors (Lipinski definition) is 2. The van der Waals surface area contributed by atoms with Crippen LogP contribution in [0.4, 0.5) is 0 Å². The predicted octanol–water partition coefficient (Wildman–Crippen LogP) is -0.261. The number of ether oxygens (including phenoxy) is 1. The summed E-state index contributed by atoms with van der Waals surface area (Å²) in [5.74, 6) is 3.50. The summed E-state index contributed by atoms with van der Waals surface area (Å²) in [5, 5.41) is 6.50. The van der Waals surface area contributed by atoms with Gasteiger partial charge < -0.3 is 9.94 Å². The van der Waals surface area contributed by atoms with Crippen molar-refractivity contribution in [3.8, 4) is 0 Å². The topological polar surface area (TPSA) is 58.8 Å². The Morgan fingerprint density at radius 2 is 2.00 bits per heavy atom. The van der Waals surface area contributed by atoms with E-state index < -0.39 is 0 Å². The van der Waals surface area contributed by atoms with Crippen LogP contribution in [0.15, 0.2) is 0 Å². The van der Waals surface area contributed by atoms with E-state index in [1.165, 1.54) is 0 Å². The van der Waals surface area contributed by atoms with E-state index in [4.69, 9.17) is 9.94 Å². The normalized spacial score (nSPS) is 27.5. The fourth-order valence-corrected chi connectivity index (χ4v) is 0.0962. The summed E-state index contributed by atoms with van der Waals surface area (Å²) >= 11 is 0. The first-order chi connectivity index (χ1) is 2.89. The minimum Gasteiger partial charge on any atom is -0.373 e. The lowest BCUT2D eigenvalue weighted by Crippen LogP contribution is -1.72. The van der Waals surface area contributed by atoms with E-state index in [2.05, 4.69) is 12.8 Å². The van der Waals surface area contributed by atoms with Gasteiger partial charge in [0.2, 0.25) is 0 Å². The molecule has 0 aliphatic carbocycles. The molecule has 3 nitrogen and oxygen atoms in total. The van der Waals surface area contributed by atoms with Crippen LogP contribution in [0.5, 0.6) is 0 Å². The summed E-state index contributed by atoms with van der Waals surface area (Å²) in [6, 6.07) is 0. The zero-order chi connectivity index (χ0) is 4.99. The lowest BCUT2D eigenvalue weighted by Gasteiger charge is -1.50. The van der Waals surface area contributed by atoms with Crippen molar-refractivity contribution in [2.75, 3.05) is 6.61 Å². The van der Waals surface area contributed by atoms with Gasteiger partial charge >= 0.3 is 0 Å². The van der Waals surface area contributed by atoms with Crippen LogP contribution < -0.4 is 5.90 Å². The molecule has 0 saturated carbocycles. The minimum absolute atomic E-state index is 0.583. The van der Waals surface area contributed by atoms with Crippen LogP contribution in [0.1, 0.15) is 6.92 Å². The van der Waals surface area contributed by atoms with Gasteiger partial charge in [-0.15, -0.1) is 0 Å². The van der Waals surface area contributed by atoms with Crippen LogP contribution in [-0.2, 0) is 4.74 Å². The number of nitrogens with two attached hydrogens (primary N) is 1. The molecule has 38 valence electrons. The first-order valence-corrected chi connectivity index (χ1v) is 1.77. The Morgan fingerprint density at radius 3 is 2.00 bits per heavy atom. The third kappa shape index (κ3) is 3.88. The maximum Gasteiger partial charge on any atom is 0.0781 e.